The average Bonchev–Trinajstić information content (AvgIpc) is 2.80. The lowest BCUT2D eigenvalue weighted by molar-refractivity contribution is -0.137. The molecule has 0 bridgehead atoms. The van der Waals surface area contributed by atoms with Crippen LogP contribution < -0.4 is 0 Å². The van der Waals surface area contributed by atoms with Gasteiger partial charge in [-0.2, -0.15) is 13.2 Å². The number of hydrogen-bond acceptors (Lipinski definition) is 4. The van der Waals surface area contributed by atoms with Gasteiger partial charge >= 0.3 is 12.1 Å². The van der Waals surface area contributed by atoms with Crippen molar-refractivity contribution in [2.24, 2.45) is 0 Å². The molecule has 0 saturated heterocycles. The van der Waals surface area contributed by atoms with Crippen LogP contribution in [-0.4, -0.2) is 27.5 Å². The number of rotatable bonds is 3. The summed E-state index contributed by atoms with van der Waals surface area (Å²) in [5.74, 6) is -1.30. The van der Waals surface area contributed by atoms with Gasteiger partial charge in [0.15, 0.2) is 0 Å². The van der Waals surface area contributed by atoms with Crippen molar-refractivity contribution in [3.05, 3.63) is 41.6 Å². The number of nitrogens with zero attached hydrogens (tertiary/aromatic N) is 2. The molecule has 0 saturated carbocycles. The van der Waals surface area contributed by atoms with Crippen LogP contribution in [0.25, 0.3) is 5.69 Å². The summed E-state index contributed by atoms with van der Waals surface area (Å²) in [5, 5.41) is 13.2. The van der Waals surface area contributed by atoms with Gasteiger partial charge in [-0.25, -0.2) is 9.48 Å². The summed E-state index contributed by atoms with van der Waals surface area (Å²) in [6, 6.07) is 4.14. The van der Waals surface area contributed by atoms with Crippen molar-refractivity contribution >= 4 is 5.97 Å². The summed E-state index contributed by atoms with van der Waals surface area (Å²) in [5.41, 5.74) is -0.682. The number of aromatic hydroxyl groups is 1. The van der Waals surface area contributed by atoms with E-state index in [1.54, 1.807) is 6.92 Å². The number of ether oxygens (including phenoxy) is 1. The molecule has 0 atom stereocenters. The van der Waals surface area contributed by atoms with Crippen LogP contribution in [0, 0.1) is 0 Å². The highest BCUT2D eigenvalue weighted by Gasteiger charge is 2.30. The molecule has 0 amide bonds. The SMILES string of the molecule is CCOC(=O)c1cn(-c2ccc(C(F)(F)F)cc2)nc1O. The minimum absolute atomic E-state index is 0.129. The van der Waals surface area contributed by atoms with Gasteiger partial charge in [0.1, 0.15) is 5.56 Å². The van der Waals surface area contributed by atoms with Crippen LogP contribution in [0.3, 0.4) is 0 Å². The Balaban J connectivity index is 2.31. The van der Waals surface area contributed by atoms with Crippen molar-refractivity contribution in [1.29, 1.82) is 0 Å². The molecule has 112 valence electrons. The maximum Gasteiger partial charge on any atom is 0.416 e. The minimum atomic E-state index is -4.43. The molecule has 2 rings (SSSR count). The van der Waals surface area contributed by atoms with Gasteiger partial charge in [0.05, 0.1) is 17.9 Å². The van der Waals surface area contributed by atoms with E-state index in [4.69, 9.17) is 4.74 Å². The summed E-state index contributed by atoms with van der Waals surface area (Å²) >= 11 is 0. The van der Waals surface area contributed by atoms with Crippen molar-refractivity contribution in [1.82, 2.24) is 9.78 Å². The highest BCUT2D eigenvalue weighted by Crippen LogP contribution is 2.29. The maximum atomic E-state index is 12.5. The van der Waals surface area contributed by atoms with Crippen LogP contribution in [0.2, 0.25) is 0 Å². The Morgan fingerprint density at radius 3 is 2.48 bits per heavy atom. The highest BCUT2D eigenvalue weighted by molar-refractivity contribution is 5.91. The molecule has 0 spiro atoms. The molecule has 0 radical (unpaired) electrons. The number of esters is 1. The summed E-state index contributed by atoms with van der Waals surface area (Å²) in [6.07, 6.45) is -3.24. The van der Waals surface area contributed by atoms with E-state index in [-0.39, 0.29) is 17.9 Å². The van der Waals surface area contributed by atoms with Gasteiger partial charge in [0.25, 0.3) is 0 Å². The first-order chi connectivity index (χ1) is 9.82. The third-order valence-corrected chi connectivity index (χ3v) is 2.65. The van der Waals surface area contributed by atoms with Crippen LogP contribution in [-0.2, 0) is 10.9 Å². The quantitative estimate of drug-likeness (QED) is 0.885. The normalized spacial score (nSPS) is 11.4. The number of aromatic nitrogens is 2. The molecule has 1 aromatic heterocycles. The highest BCUT2D eigenvalue weighted by atomic mass is 19.4. The van der Waals surface area contributed by atoms with E-state index < -0.39 is 23.6 Å². The van der Waals surface area contributed by atoms with Gasteiger partial charge in [-0.05, 0) is 31.2 Å². The second-order valence-electron chi connectivity index (χ2n) is 4.08. The lowest BCUT2D eigenvalue weighted by atomic mass is 10.2. The monoisotopic (exact) mass is 300 g/mol. The van der Waals surface area contributed by atoms with Gasteiger partial charge in [-0.1, -0.05) is 0 Å². The smallest absolute Gasteiger partial charge is 0.416 e. The van der Waals surface area contributed by atoms with E-state index in [1.165, 1.54) is 18.3 Å². The van der Waals surface area contributed by atoms with E-state index in [9.17, 15) is 23.1 Å². The zero-order valence-corrected chi connectivity index (χ0v) is 10.9. The van der Waals surface area contributed by atoms with Gasteiger partial charge in [-0.3, -0.25) is 0 Å². The minimum Gasteiger partial charge on any atom is -0.492 e. The van der Waals surface area contributed by atoms with Crippen molar-refractivity contribution in [3.63, 3.8) is 0 Å². The molecule has 1 aromatic carbocycles. The summed E-state index contributed by atoms with van der Waals surface area (Å²) in [6.45, 7) is 1.74. The molecule has 0 aliphatic carbocycles. The first-order valence-corrected chi connectivity index (χ1v) is 5.96. The van der Waals surface area contributed by atoms with E-state index in [1.807, 2.05) is 0 Å². The molecule has 2 aromatic rings. The Bertz CT molecular complexity index is 648. The maximum absolute atomic E-state index is 12.5. The zero-order valence-electron chi connectivity index (χ0n) is 10.9. The fourth-order valence-electron chi connectivity index (χ4n) is 1.65. The summed E-state index contributed by atoms with van der Waals surface area (Å²) in [7, 11) is 0. The number of hydrogen-bond donors (Lipinski definition) is 1. The van der Waals surface area contributed by atoms with E-state index in [2.05, 4.69) is 5.10 Å². The number of alkyl halides is 3. The summed E-state index contributed by atoms with van der Waals surface area (Å²) in [4.78, 5) is 11.5. The average molecular weight is 300 g/mol. The van der Waals surface area contributed by atoms with Crippen LogP contribution in [0.5, 0.6) is 5.88 Å². The second-order valence-corrected chi connectivity index (χ2v) is 4.08. The van der Waals surface area contributed by atoms with E-state index in [0.29, 0.717) is 0 Å². The molecular weight excluding hydrogens is 289 g/mol. The molecule has 21 heavy (non-hydrogen) atoms. The Morgan fingerprint density at radius 1 is 1.33 bits per heavy atom. The van der Waals surface area contributed by atoms with Crippen molar-refractivity contribution in [2.75, 3.05) is 6.61 Å². The molecular formula is C13H11F3N2O3. The van der Waals surface area contributed by atoms with Crippen molar-refractivity contribution in [2.45, 2.75) is 13.1 Å². The molecule has 0 aliphatic rings. The molecule has 8 heteroatoms. The van der Waals surface area contributed by atoms with Crippen molar-refractivity contribution in [3.8, 4) is 11.6 Å². The number of carbonyl (C=O) groups excluding carboxylic acids is 1. The molecule has 0 aliphatic heterocycles. The predicted octanol–water partition coefficient (Wildman–Crippen LogP) is 2.77. The van der Waals surface area contributed by atoms with Crippen LogP contribution in [0.1, 0.15) is 22.8 Å². The lowest BCUT2D eigenvalue weighted by Gasteiger charge is -2.07. The van der Waals surface area contributed by atoms with Gasteiger partial charge in [-0.15, -0.1) is 5.10 Å². The van der Waals surface area contributed by atoms with Gasteiger partial charge in [0, 0.05) is 6.20 Å². The topological polar surface area (TPSA) is 64.4 Å². The molecule has 1 heterocycles. The van der Waals surface area contributed by atoms with Crippen LogP contribution >= 0.6 is 0 Å². The Labute approximate surface area is 117 Å². The Kier molecular flexibility index (Phi) is 3.88. The Morgan fingerprint density at radius 2 is 1.95 bits per heavy atom. The fraction of sp³-hybridized carbons (Fsp3) is 0.231. The van der Waals surface area contributed by atoms with Gasteiger partial charge in [0.2, 0.25) is 5.88 Å². The molecule has 1 N–H and O–H groups in total. The zero-order chi connectivity index (χ0) is 15.6. The third-order valence-electron chi connectivity index (χ3n) is 2.65. The summed E-state index contributed by atoms with van der Waals surface area (Å²) < 4.78 is 43.2. The first-order valence-electron chi connectivity index (χ1n) is 5.96. The molecule has 0 unspecified atom stereocenters. The standard InChI is InChI=1S/C13H11F3N2O3/c1-2-21-12(20)10-7-18(17-11(10)19)9-5-3-8(4-6-9)13(14,15)16/h3-7H,2H2,1H3,(H,17,19). The van der Waals surface area contributed by atoms with Crippen LogP contribution in [0.4, 0.5) is 13.2 Å². The predicted molar refractivity (Wildman–Crippen MR) is 66.2 cm³/mol. The largest absolute Gasteiger partial charge is 0.492 e. The second kappa shape index (κ2) is 5.47. The first kappa shape index (κ1) is 14.9. The third kappa shape index (κ3) is 3.15. The number of halogens is 3. The van der Waals surface area contributed by atoms with Crippen LogP contribution in [0.15, 0.2) is 30.5 Å². The fourth-order valence-corrected chi connectivity index (χ4v) is 1.65. The molecule has 5 nitrogen and oxygen atoms in total. The van der Waals surface area contributed by atoms with Crippen molar-refractivity contribution < 1.29 is 27.8 Å². The van der Waals surface area contributed by atoms with Gasteiger partial charge < -0.3 is 9.84 Å². The number of benzene rings is 1. The molecule has 0 fully saturated rings. The Hall–Kier alpha value is -2.51. The lowest BCUT2D eigenvalue weighted by Crippen LogP contribution is -2.05. The number of carbonyl (C=O) groups is 1. The van der Waals surface area contributed by atoms with E-state index in [0.717, 1.165) is 16.8 Å². The van der Waals surface area contributed by atoms with E-state index >= 15 is 0 Å².